The first-order valence-electron chi connectivity index (χ1n) is 5.10. The number of nitrogens with zero attached hydrogens (tertiary/aromatic N) is 1. The summed E-state index contributed by atoms with van der Waals surface area (Å²) in [5.41, 5.74) is 3.23. The lowest BCUT2D eigenvalue weighted by Gasteiger charge is -2.05. The van der Waals surface area contributed by atoms with Crippen molar-refractivity contribution < 1.29 is 4.79 Å². The average Bonchev–Trinajstić information content (AvgIpc) is 2.64. The molecular weight excluding hydrogens is 186 g/mol. The molecule has 0 spiro atoms. The van der Waals surface area contributed by atoms with Gasteiger partial charge in [-0.05, 0) is 23.3 Å². The molecule has 1 aromatic carbocycles. The minimum atomic E-state index is 0.213. The monoisotopic (exact) mass is 197 g/mol. The number of hydrogen-bond acceptors (Lipinski definition) is 1. The molecule has 74 valence electrons. The van der Waals surface area contributed by atoms with E-state index in [4.69, 9.17) is 0 Å². The van der Waals surface area contributed by atoms with Gasteiger partial charge in [0, 0.05) is 19.2 Å². The fourth-order valence-corrected chi connectivity index (χ4v) is 2.14. The Morgan fingerprint density at radius 1 is 1.00 bits per heavy atom. The van der Waals surface area contributed by atoms with Gasteiger partial charge in [0.05, 0.1) is 5.69 Å². The third-order valence-electron chi connectivity index (χ3n) is 2.93. The molecule has 0 saturated heterocycles. The van der Waals surface area contributed by atoms with Gasteiger partial charge >= 0.3 is 0 Å². The highest BCUT2D eigenvalue weighted by atomic mass is 16.1. The highest BCUT2D eigenvalue weighted by molar-refractivity contribution is 5.96. The second-order valence-corrected chi connectivity index (χ2v) is 3.89. The van der Waals surface area contributed by atoms with Crippen LogP contribution in [0.1, 0.15) is 21.6 Å². The van der Waals surface area contributed by atoms with Gasteiger partial charge < -0.3 is 4.57 Å². The smallest absolute Gasteiger partial charge is 0.183 e. The van der Waals surface area contributed by atoms with Crippen LogP contribution in [0.15, 0.2) is 42.6 Å². The molecule has 0 saturated carbocycles. The van der Waals surface area contributed by atoms with Crippen molar-refractivity contribution in [1.82, 2.24) is 4.57 Å². The second-order valence-electron chi connectivity index (χ2n) is 3.89. The van der Waals surface area contributed by atoms with Crippen LogP contribution in [0.3, 0.4) is 0 Å². The molecule has 0 aliphatic carbocycles. The zero-order valence-electron chi connectivity index (χ0n) is 8.31. The minimum Gasteiger partial charge on any atom is -0.341 e. The van der Waals surface area contributed by atoms with Gasteiger partial charge in [-0.15, -0.1) is 0 Å². The Bertz CT molecular complexity index is 525. The van der Waals surface area contributed by atoms with Crippen LogP contribution in [0.2, 0.25) is 0 Å². The van der Waals surface area contributed by atoms with Crippen molar-refractivity contribution in [2.75, 3.05) is 0 Å². The van der Waals surface area contributed by atoms with Gasteiger partial charge in [0.15, 0.2) is 5.78 Å². The van der Waals surface area contributed by atoms with Crippen LogP contribution in [-0.2, 0) is 13.0 Å². The van der Waals surface area contributed by atoms with Crippen LogP contribution < -0.4 is 0 Å². The van der Waals surface area contributed by atoms with E-state index in [9.17, 15) is 4.79 Å². The molecule has 0 bridgehead atoms. The summed E-state index contributed by atoms with van der Waals surface area (Å²) in [7, 11) is 0. The van der Waals surface area contributed by atoms with Gasteiger partial charge in [-0.3, -0.25) is 4.79 Å². The van der Waals surface area contributed by atoms with Crippen molar-refractivity contribution >= 4 is 5.78 Å². The van der Waals surface area contributed by atoms with Crippen molar-refractivity contribution in [2.24, 2.45) is 0 Å². The summed E-state index contributed by atoms with van der Waals surface area (Å²) in [6, 6.07) is 12.0. The van der Waals surface area contributed by atoms with E-state index in [0.29, 0.717) is 6.42 Å². The van der Waals surface area contributed by atoms with Crippen molar-refractivity contribution in [1.29, 1.82) is 0 Å². The van der Waals surface area contributed by atoms with Crippen LogP contribution in [0.4, 0.5) is 0 Å². The predicted octanol–water partition coefficient (Wildman–Crippen LogP) is 2.28. The highest BCUT2D eigenvalue weighted by Crippen LogP contribution is 2.19. The van der Waals surface area contributed by atoms with Crippen molar-refractivity contribution in [3.05, 3.63) is 59.4 Å². The molecule has 2 heterocycles. The maximum atomic E-state index is 11.9. The Kier molecular flexibility index (Phi) is 1.75. The number of carbonyl (C=O) groups is 1. The summed E-state index contributed by atoms with van der Waals surface area (Å²) >= 11 is 0. The number of benzene rings is 1. The van der Waals surface area contributed by atoms with Crippen LogP contribution in [0.25, 0.3) is 0 Å². The average molecular weight is 197 g/mol. The van der Waals surface area contributed by atoms with Crippen LogP contribution >= 0.6 is 0 Å². The van der Waals surface area contributed by atoms with Crippen molar-refractivity contribution in [3.63, 3.8) is 0 Å². The number of rotatable bonds is 0. The summed E-state index contributed by atoms with van der Waals surface area (Å²) < 4.78 is 2.02. The van der Waals surface area contributed by atoms with Crippen LogP contribution in [0, 0.1) is 0 Å². The molecule has 0 radical (unpaired) electrons. The summed E-state index contributed by atoms with van der Waals surface area (Å²) in [4.78, 5) is 11.9. The topological polar surface area (TPSA) is 22.0 Å². The molecule has 2 aromatic rings. The van der Waals surface area contributed by atoms with E-state index in [1.54, 1.807) is 0 Å². The van der Waals surface area contributed by atoms with E-state index in [1.807, 2.05) is 41.1 Å². The maximum absolute atomic E-state index is 11.9. The molecule has 1 aromatic heterocycles. The van der Waals surface area contributed by atoms with Gasteiger partial charge in [0.1, 0.15) is 0 Å². The molecule has 3 rings (SSSR count). The Morgan fingerprint density at radius 2 is 1.80 bits per heavy atom. The van der Waals surface area contributed by atoms with Gasteiger partial charge in [-0.2, -0.15) is 0 Å². The molecule has 0 unspecified atom stereocenters. The van der Waals surface area contributed by atoms with E-state index in [1.165, 1.54) is 5.56 Å². The molecule has 0 amide bonds. The summed E-state index contributed by atoms with van der Waals surface area (Å²) in [6.45, 7) is 0.810. The zero-order chi connectivity index (χ0) is 10.3. The molecule has 0 N–H and O–H groups in total. The third kappa shape index (κ3) is 1.30. The van der Waals surface area contributed by atoms with E-state index < -0.39 is 0 Å². The number of Topliss-reactive ketones (excluding diaryl/α,β-unsaturated/α-hetero) is 1. The Hall–Kier alpha value is -1.83. The first kappa shape index (κ1) is 8.48. The zero-order valence-corrected chi connectivity index (χ0v) is 8.31. The molecular formula is C13H11NO. The van der Waals surface area contributed by atoms with E-state index in [-0.39, 0.29) is 5.78 Å². The molecule has 2 heteroatoms. The standard InChI is InChI=1S/C13H11NO/c15-13-8-10-4-1-2-5-11(10)9-14-7-3-6-12(13)14/h1-7H,8-9H2. The third-order valence-corrected chi connectivity index (χ3v) is 2.93. The number of aromatic nitrogens is 1. The second kappa shape index (κ2) is 3.09. The summed E-state index contributed by atoms with van der Waals surface area (Å²) in [6.07, 6.45) is 2.50. The molecule has 15 heavy (non-hydrogen) atoms. The molecule has 1 aliphatic rings. The number of fused-ring (bicyclic) bond motifs is 2. The fourth-order valence-electron chi connectivity index (χ4n) is 2.14. The minimum absolute atomic E-state index is 0.213. The van der Waals surface area contributed by atoms with Gasteiger partial charge in [-0.1, -0.05) is 24.3 Å². The van der Waals surface area contributed by atoms with E-state index >= 15 is 0 Å². The van der Waals surface area contributed by atoms with E-state index in [2.05, 4.69) is 6.07 Å². The van der Waals surface area contributed by atoms with Gasteiger partial charge in [0.2, 0.25) is 0 Å². The predicted molar refractivity (Wildman–Crippen MR) is 58.0 cm³/mol. The van der Waals surface area contributed by atoms with Crippen molar-refractivity contribution in [2.45, 2.75) is 13.0 Å². The molecule has 0 atom stereocenters. The van der Waals surface area contributed by atoms with Crippen molar-refractivity contribution in [3.8, 4) is 0 Å². The number of carbonyl (C=O) groups excluding carboxylic acids is 1. The van der Waals surface area contributed by atoms with Crippen LogP contribution in [-0.4, -0.2) is 10.4 Å². The Labute approximate surface area is 88.2 Å². The first-order chi connectivity index (χ1) is 7.34. The summed E-state index contributed by atoms with van der Waals surface area (Å²) in [5.74, 6) is 0.213. The SMILES string of the molecule is O=C1Cc2ccccc2Cn2cccc21. The van der Waals surface area contributed by atoms with Crippen LogP contribution in [0.5, 0.6) is 0 Å². The maximum Gasteiger partial charge on any atom is 0.183 e. The van der Waals surface area contributed by atoms with E-state index in [0.717, 1.165) is 17.8 Å². The quantitative estimate of drug-likeness (QED) is 0.635. The molecule has 1 aliphatic heterocycles. The van der Waals surface area contributed by atoms with Gasteiger partial charge in [-0.25, -0.2) is 0 Å². The normalized spacial score (nSPS) is 14.3. The Balaban J connectivity index is 2.18. The Morgan fingerprint density at radius 3 is 2.67 bits per heavy atom. The highest BCUT2D eigenvalue weighted by Gasteiger charge is 2.17. The van der Waals surface area contributed by atoms with Gasteiger partial charge in [0.25, 0.3) is 0 Å². The first-order valence-corrected chi connectivity index (χ1v) is 5.10. The number of hydrogen-bond donors (Lipinski definition) is 0. The largest absolute Gasteiger partial charge is 0.341 e. The fraction of sp³-hybridized carbons (Fsp3) is 0.154. The number of ketones is 1. The molecule has 0 fully saturated rings. The molecule has 2 nitrogen and oxygen atoms in total. The lowest BCUT2D eigenvalue weighted by molar-refractivity contribution is 0.0986. The lowest BCUT2D eigenvalue weighted by atomic mass is 10.0. The summed E-state index contributed by atoms with van der Waals surface area (Å²) in [5, 5.41) is 0. The lowest BCUT2D eigenvalue weighted by Crippen LogP contribution is -2.05.